The van der Waals surface area contributed by atoms with Gasteiger partial charge in [-0.1, -0.05) is 54.1 Å². The summed E-state index contributed by atoms with van der Waals surface area (Å²) in [7, 11) is 0. The maximum Gasteiger partial charge on any atom is 0.230 e. The number of hydrogen-bond acceptors (Lipinski definition) is 3. The van der Waals surface area contributed by atoms with E-state index >= 15 is 0 Å². The molecule has 0 bridgehead atoms. The average molecular weight is 341 g/mol. The van der Waals surface area contributed by atoms with Crippen molar-refractivity contribution in [2.45, 2.75) is 13.5 Å². The predicted octanol–water partition coefficient (Wildman–Crippen LogP) is 4.85. The lowest BCUT2D eigenvalue weighted by Gasteiger charge is -2.07. The Balaban J connectivity index is 1.76. The molecule has 4 rings (SSSR count). The summed E-state index contributed by atoms with van der Waals surface area (Å²) in [6.07, 6.45) is 1.65. The van der Waals surface area contributed by atoms with Gasteiger partial charge < -0.3 is 9.67 Å². The number of aliphatic imine (C=N–C) groups is 1. The number of phenolic OH excluding ortho intramolecular Hbond substituents is 1. The van der Waals surface area contributed by atoms with E-state index in [0.717, 1.165) is 11.0 Å². The summed E-state index contributed by atoms with van der Waals surface area (Å²) in [5.74, 6) is 0.826. The van der Waals surface area contributed by atoms with Gasteiger partial charge in [-0.2, -0.15) is 0 Å². The standard InChI is InChI=1S/C22H19N3O/c1-16-10-12-17(13-11-16)15-25-20-8-4-3-7-19(20)24-22(25)23-14-18-6-2-5-9-21(18)26/h2-14,26H,15H2,1H3. The molecule has 0 spiro atoms. The number of benzene rings is 3. The lowest BCUT2D eigenvalue weighted by atomic mass is 10.1. The fourth-order valence-corrected chi connectivity index (χ4v) is 2.92. The van der Waals surface area contributed by atoms with Crippen LogP contribution in [-0.2, 0) is 6.54 Å². The zero-order valence-electron chi connectivity index (χ0n) is 14.5. The van der Waals surface area contributed by atoms with E-state index in [1.54, 1.807) is 18.3 Å². The summed E-state index contributed by atoms with van der Waals surface area (Å²) in [6, 6.07) is 23.6. The van der Waals surface area contributed by atoms with Crippen LogP contribution in [0.3, 0.4) is 0 Å². The molecule has 0 radical (unpaired) electrons. The third-order valence-electron chi connectivity index (χ3n) is 4.35. The minimum atomic E-state index is 0.206. The van der Waals surface area contributed by atoms with Crippen molar-refractivity contribution >= 4 is 23.2 Å². The van der Waals surface area contributed by atoms with Crippen molar-refractivity contribution in [2.75, 3.05) is 0 Å². The maximum atomic E-state index is 9.94. The molecule has 0 amide bonds. The molecule has 4 aromatic rings. The van der Waals surface area contributed by atoms with Gasteiger partial charge in [-0.25, -0.2) is 9.98 Å². The van der Waals surface area contributed by atoms with Crippen LogP contribution in [0.5, 0.6) is 5.75 Å². The van der Waals surface area contributed by atoms with Gasteiger partial charge in [0.25, 0.3) is 0 Å². The first-order valence-electron chi connectivity index (χ1n) is 8.53. The minimum Gasteiger partial charge on any atom is -0.507 e. The molecule has 4 nitrogen and oxygen atoms in total. The normalized spacial score (nSPS) is 11.4. The molecule has 0 aliphatic rings. The van der Waals surface area contributed by atoms with Crippen molar-refractivity contribution in [3.63, 3.8) is 0 Å². The summed E-state index contributed by atoms with van der Waals surface area (Å²) in [5, 5.41) is 9.94. The number of imidazole rings is 1. The Kier molecular flexibility index (Phi) is 4.23. The molecular formula is C22H19N3O. The third kappa shape index (κ3) is 3.22. The molecular weight excluding hydrogens is 322 g/mol. The van der Waals surface area contributed by atoms with E-state index in [-0.39, 0.29) is 5.75 Å². The van der Waals surface area contributed by atoms with Gasteiger partial charge in [0.15, 0.2) is 0 Å². The van der Waals surface area contributed by atoms with E-state index in [9.17, 15) is 5.11 Å². The first-order chi connectivity index (χ1) is 12.7. The predicted molar refractivity (Wildman–Crippen MR) is 105 cm³/mol. The van der Waals surface area contributed by atoms with Crippen LogP contribution in [0, 0.1) is 6.92 Å². The quantitative estimate of drug-likeness (QED) is 0.540. The van der Waals surface area contributed by atoms with Crippen molar-refractivity contribution in [3.05, 3.63) is 89.5 Å². The van der Waals surface area contributed by atoms with Gasteiger partial charge in [0.2, 0.25) is 5.95 Å². The fraction of sp³-hybridized carbons (Fsp3) is 0.0909. The molecule has 3 aromatic carbocycles. The number of aromatic hydroxyl groups is 1. The molecule has 0 aliphatic carbocycles. The van der Waals surface area contributed by atoms with E-state index in [1.165, 1.54) is 11.1 Å². The number of para-hydroxylation sites is 3. The number of rotatable bonds is 4. The van der Waals surface area contributed by atoms with Gasteiger partial charge in [-0.05, 0) is 36.8 Å². The topological polar surface area (TPSA) is 50.4 Å². The van der Waals surface area contributed by atoms with Crippen LogP contribution in [0.2, 0.25) is 0 Å². The number of fused-ring (bicyclic) bond motifs is 1. The van der Waals surface area contributed by atoms with Crippen molar-refractivity contribution in [2.24, 2.45) is 4.99 Å². The summed E-state index contributed by atoms with van der Waals surface area (Å²) in [6.45, 7) is 2.77. The summed E-state index contributed by atoms with van der Waals surface area (Å²) < 4.78 is 2.09. The van der Waals surface area contributed by atoms with Crippen molar-refractivity contribution < 1.29 is 5.11 Å². The Bertz CT molecular complexity index is 1080. The van der Waals surface area contributed by atoms with Crippen molar-refractivity contribution in [3.8, 4) is 5.75 Å². The second-order valence-electron chi connectivity index (χ2n) is 6.29. The second-order valence-corrected chi connectivity index (χ2v) is 6.29. The van der Waals surface area contributed by atoms with Gasteiger partial charge >= 0.3 is 0 Å². The highest BCUT2D eigenvalue weighted by Crippen LogP contribution is 2.24. The van der Waals surface area contributed by atoms with E-state index < -0.39 is 0 Å². The first kappa shape index (κ1) is 16.1. The molecule has 0 fully saturated rings. The lowest BCUT2D eigenvalue weighted by Crippen LogP contribution is -1.99. The number of phenols is 1. The SMILES string of the molecule is Cc1ccc(Cn2c(N=Cc3ccccc3O)nc3ccccc32)cc1. The fourth-order valence-electron chi connectivity index (χ4n) is 2.92. The number of aromatic nitrogens is 2. The third-order valence-corrected chi connectivity index (χ3v) is 4.35. The van der Waals surface area contributed by atoms with Crippen LogP contribution in [0.1, 0.15) is 16.7 Å². The molecule has 0 saturated heterocycles. The zero-order chi connectivity index (χ0) is 17.9. The lowest BCUT2D eigenvalue weighted by molar-refractivity contribution is 0.474. The Morgan fingerprint density at radius 3 is 2.50 bits per heavy atom. The molecule has 26 heavy (non-hydrogen) atoms. The average Bonchev–Trinajstić information content (AvgIpc) is 3.00. The molecule has 0 saturated carbocycles. The van der Waals surface area contributed by atoms with Crippen LogP contribution < -0.4 is 0 Å². The molecule has 1 heterocycles. The molecule has 128 valence electrons. The van der Waals surface area contributed by atoms with E-state index in [0.29, 0.717) is 18.1 Å². The number of hydrogen-bond donors (Lipinski definition) is 1. The molecule has 0 unspecified atom stereocenters. The monoisotopic (exact) mass is 341 g/mol. The Morgan fingerprint density at radius 2 is 1.69 bits per heavy atom. The van der Waals surface area contributed by atoms with Crippen LogP contribution in [0.15, 0.2) is 77.8 Å². The largest absolute Gasteiger partial charge is 0.507 e. The molecule has 0 atom stereocenters. The minimum absolute atomic E-state index is 0.206. The molecule has 4 heteroatoms. The summed E-state index contributed by atoms with van der Waals surface area (Å²) in [4.78, 5) is 9.21. The molecule has 0 aliphatic heterocycles. The number of aryl methyl sites for hydroxylation is 1. The number of nitrogens with zero attached hydrogens (tertiary/aromatic N) is 3. The summed E-state index contributed by atoms with van der Waals surface area (Å²) in [5.41, 5.74) is 5.04. The van der Waals surface area contributed by atoms with Gasteiger partial charge in [0.1, 0.15) is 5.75 Å². The van der Waals surface area contributed by atoms with Crippen molar-refractivity contribution in [1.82, 2.24) is 9.55 Å². The Labute approximate surface area is 152 Å². The smallest absolute Gasteiger partial charge is 0.230 e. The van der Waals surface area contributed by atoms with E-state index in [4.69, 9.17) is 0 Å². The molecule has 1 N–H and O–H groups in total. The highest BCUT2D eigenvalue weighted by atomic mass is 16.3. The van der Waals surface area contributed by atoms with Crippen molar-refractivity contribution in [1.29, 1.82) is 0 Å². The van der Waals surface area contributed by atoms with Crippen LogP contribution in [0.25, 0.3) is 11.0 Å². The summed E-state index contributed by atoms with van der Waals surface area (Å²) >= 11 is 0. The highest BCUT2D eigenvalue weighted by Gasteiger charge is 2.10. The Hall–Kier alpha value is -3.40. The zero-order valence-corrected chi connectivity index (χ0v) is 14.5. The van der Waals surface area contributed by atoms with Crippen LogP contribution >= 0.6 is 0 Å². The van der Waals surface area contributed by atoms with E-state index in [1.807, 2.05) is 30.3 Å². The Morgan fingerprint density at radius 1 is 0.962 bits per heavy atom. The molecule has 1 aromatic heterocycles. The van der Waals surface area contributed by atoms with Crippen LogP contribution in [-0.4, -0.2) is 20.9 Å². The highest BCUT2D eigenvalue weighted by molar-refractivity contribution is 5.86. The second kappa shape index (κ2) is 6.84. The van der Waals surface area contributed by atoms with Gasteiger partial charge in [-0.3, -0.25) is 0 Å². The van der Waals surface area contributed by atoms with Gasteiger partial charge in [0, 0.05) is 11.8 Å². The van der Waals surface area contributed by atoms with E-state index in [2.05, 4.69) is 51.8 Å². The first-order valence-corrected chi connectivity index (χ1v) is 8.53. The van der Waals surface area contributed by atoms with Gasteiger partial charge in [0.05, 0.1) is 17.6 Å². The maximum absolute atomic E-state index is 9.94. The van der Waals surface area contributed by atoms with Gasteiger partial charge in [-0.15, -0.1) is 0 Å². The van der Waals surface area contributed by atoms with Crippen LogP contribution in [0.4, 0.5) is 5.95 Å².